The number of hydrogen-bond donors (Lipinski definition) is 2. The maximum absolute atomic E-state index is 11.9. The van der Waals surface area contributed by atoms with Crippen molar-refractivity contribution < 1.29 is 29.0 Å². The number of nitrogens with one attached hydrogen (secondary N) is 1. The molecule has 7 nitrogen and oxygen atoms in total. The van der Waals surface area contributed by atoms with Crippen molar-refractivity contribution in [2.24, 2.45) is 5.92 Å². The van der Waals surface area contributed by atoms with Gasteiger partial charge in [-0.1, -0.05) is 44.2 Å². The third-order valence-corrected chi connectivity index (χ3v) is 3.08. The lowest BCUT2D eigenvalue weighted by Crippen LogP contribution is -2.51. The van der Waals surface area contributed by atoms with E-state index in [4.69, 9.17) is 9.47 Å². The second-order valence-corrected chi connectivity index (χ2v) is 5.34. The maximum atomic E-state index is 11.9. The van der Waals surface area contributed by atoms with Gasteiger partial charge in [0.1, 0.15) is 6.61 Å². The minimum absolute atomic E-state index is 0.0583. The van der Waals surface area contributed by atoms with Gasteiger partial charge in [-0.2, -0.15) is 0 Å². The summed E-state index contributed by atoms with van der Waals surface area (Å²) in [6.45, 7) is 4.59. The molecule has 1 aromatic carbocycles. The highest BCUT2D eigenvalue weighted by atomic mass is 16.6. The molecule has 1 aromatic rings. The third kappa shape index (κ3) is 6.37. The van der Waals surface area contributed by atoms with E-state index in [1.54, 1.807) is 26.0 Å². The fourth-order valence-electron chi connectivity index (χ4n) is 1.95. The van der Waals surface area contributed by atoms with E-state index in [-0.39, 0.29) is 12.5 Å². The van der Waals surface area contributed by atoms with Gasteiger partial charge < -0.3 is 19.9 Å². The summed E-state index contributed by atoms with van der Waals surface area (Å²) < 4.78 is 9.85. The number of amides is 1. The van der Waals surface area contributed by atoms with Crippen LogP contribution in [-0.2, 0) is 25.7 Å². The fraction of sp³-hybridized carbons (Fsp3) is 0.438. The highest BCUT2D eigenvalue weighted by Gasteiger charge is 2.35. The van der Waals surface area contributed by atoms with Crippen molar-refractivity contribution >= 4 is 18.0 Å². The number of carboxylic acid groups (broad SMARTS) is 1. The molecule has 0 saturated heterocycles. The van der Waals surface area contributed by atoms with Gasteiger partial charge in [0.25, 0.3) is 0 Å². The first-order valence-corrected chi connectivity index (χ1v) is 7.18. The number of carboxylic acids is 1. The van der Waals surface area contributed by atoms with Crippen LogP contribution < -0.4 is 5.32 Å². The number of aliphatic carboxylic acids is 1. The molecule has 0 saturated carbocycles. The van der Waals surface area contributed by atoms with Crippen LogP contribution in [0.1, 0.15) is 26.3 Å². The van der Waals surface area contributed by atoms with Crippen molar-refractivity contribution in [3.63, 3.8) is 0 Å². The quantitative estimate of drug-likeness (QED) is 0.744. The predicted octanol–water partition coefficient (Wildman–Crippen LogP) is 1.95. The topological polar surface area (TPSA) is 102 Å². The summed E-state index contributed by atoms with van der Waals surface area (Å²) in [5, 5.41) is 11.6. The summed E-state index contributed by atoms with van der Waals surface area (Å²) in [5.74, 6) is -2.34. The van der Waals surface area contributed by atoms with E-state index in [9.17, 15) is 19.5 Å². The molecule has 0 bridgehead atoms. The number of benzene rings is 1. The Morgan fingerprint density at radius 3 is 2.26 bits per heavy atom. The van der Waals surface area contributed by atoms with Gasteiger partial charge in [-0.15, -0.1) is 0 Å². The van der Waals surface area contributed by atoms with Gasteiger partial charge in [0.2, 0.25) is 6.10 Å². The Morgan fingerprint density at radius 1 is 1.17 bits per heavy atom. The van der Waals surface area contributed by atoms with Gasteiger partial charge in [-0.25, -0.2) is 9.59 Å². The molecule has 0 aliphatic rings. The molecule has 2 N–H and O–H groups in total. The van der Waals surface area contributed by atoms with E-state index in [0.717, 1.165) is 12.5 Å². The third-order valence-electron chi connectivity index (χ3n) is 3.08. The number of rotatable bonds is 7. The van der Waals surface area contributed by atoms with Crippen LogP contribution in [0.15, 0.2) is 30.3 Å². The van der Waals surface area contributed by atoms with Crippen LogP contribution in [0.2, 0.25) is 0 Å². The molecule has 126 valence electrons. The molecule has 0 aliphatic carbocycles. The standard InChI is InChI=1S/C16H21NO6/c1-10(2)13(14(15(19)20)23-11(3)18)17-16(21)22-9-12-7-5-4-6-8-12/h4-8,10,13-14H,9H2,1-3H3,(H,17,21)(H,19,20). The lowest BCUT2D eigenvalue weighted by atomic mass is 9.98. The molecule has 2 atom stereocenters. The zero-order valence-corrected chi connectivity index (χ0v) is 13.3. The zero-order chi connectivity index (χ0) is 17.4. The zero-order valence-electron chi connectivity index (χ0n) is 13.3. The minimum atomic E-state index is -1.48. The summed E-state index contributed by atoms with van der Waals surface area (Å²) >= 11 is 0. The van der Waals surface area contributed by atoms with Crippen LogP contribution in [0.5, 0.6) is 0 Å². The van der Waals surface area contributed by atoms with Crippen molar-refractivity contribution in [1.82, 2.24) is 5.32 Å². The predicted molar refractivity (Wildman–Crippen MR) is 81.6 cm³/mol. The van der Waals surface area contributed by atoms with E-state index in [0.29, 0.717) is 0 Å². The largest absolute Gasteiger partial charge is 0.478 e. The smallest absolute Gasteiger partial charge is 0.407 e. The SMILES string of the molecule is CC(=O)OC(C(=O)O)C(NC(=O)OCc1ccccc1)C(C)C. The van der Waals surface area contributed by atoms with E-state index in [2.05, 4.69) is 5.32 Å². The molecule has 2 unspecified atom stereocenters. The molecule has 0 fully saturated rings. The van der Waals surface area contributed by atoms with Crippen molar-refractivity contribution in [3.05, 3.63) is 35.9 Å². The van der Waals surface area contributed by atoms with Crippen molar-refractivity contribution in [2.45, 2.75) is 39.5 Å². The van der Waals surface area contributed by atoms with Gasteiger partial charge in [-0.05, 0) is 11.5 Å². The van der Waals surface area contributed by atoms with Crippen LogP contribution in [0.3, 0.4) is 0 Å². The molecule has 0 aliphatic heterocycles. The Labute approximate surface area is 134 Å². The Bertz CT molecular complexity index is 543. The van der Waals surface area contributed by atoms with Gasteiger partial charge in [0.15, 0.2) is 0 Å². The average Bonchev–Trinajstić information content (AvgIpc) is 2.49. The van der Waals surface area contributed by atoms with Crippen LogP contribution in [0.25, 0.3) is 0 Å². The second kappa shape index (κ2) is 8.77. The number of carbonyl (C=O) groups excluding carboxylic acids is 2. The molecule has 1 amide bonds. The number of carbonyl (C=O) groups is 3. The molecule has 0 radical (unpaired) electrons. The summed E-state index contributed by atoms with van der Waals surface area (Å²) in [7, 11) is 0. The Hall–Kier alpha value is -2.57. The summed E-state index contributed by atoms with van der Waals surface area (Å²) in [5.41, 5.74) is 0.804. The molecule has 23 heavy (non-hydrogen) atoms. The van der Waals surface area contributed by atoms with Crippen LogP contribution in [0.4, 0.5) is 4.79 Å². The average molecular weight is 323 g/mol. The van der Waals surface area contributed by atoms with Crippen LogP contribution in [-0.4, -0.2) is 35.3 Å². The normalized spacial score (nSPS) is 13.0. The van der Waals surface area contributed by atoms with Gasteiger partial charge in [-0.3, -0.25) is 4.79 Å². The lowest BCUT2D eigenvalue weighted by molar-refractivity contribution is -0.165. The molecular weight excluding hydrogens is 302 g/mol. The van der Waals surface area contributed by atoms with E-state index in [1.807, 2.05) is 18.2 Å². The van der Waals surface area contributed by atoms with Crippen LogP contribution >= 0.6 is 0 Å². The van der Waals surface area contributed by atoms with E-state index in [1.165, 1.54) is 0 Å². The Kier molecular flexibility index (Phi) is 7.05. The van der Waals surface area contributed by atoms with Crippen molar-refractivity contribution in [3.8, 4) is 0 Å². The molecule has 7 heteroatoms. The van der Waals surface area contributed by atoms with Gasteiger partial charge in [0, 0.05) is 6.92 Å². The summed E-state index contributed by atoms with van der Waals surface area (Å²) in [4.78, 5) is 34.2. The first-order valence-electron chi connectivity index (χ1n) is 7.18. The molecule has 0 heterocycles. The van der Waals surface area contributed by atoms with E-state index < -0.39 is 30.2 Å². The number of hydrogen-bond acceptors (Lipinski definition) is 5. The number of alkyl carbamates (subject to hydrolysis) is 1. The summed E-state index contributed by atoms with van der Waals surface area (Å²) in [6.07, 6.45) is -2.25. The second-order valence-electron chi connectivity index (χ2n) is 5.34. The molecular formula is C16H21NO6. The monoisotopic (exact) mass is 323 g/mol. The molecule has 0 spiro atoms. The minimum Gasteiger partial charge on any atom is -0.478 e. The van der Waals surface area contributed by atoms with E-state index >= 15 is 0 Å². The fourth-order valence-corrected chi connectivity index (χ4v) is 1.95. The van der Waals surface area contributed by atoms with Gasteiger partial charge >= 0.3 is 18.0 Å². The first kappa shape index (κ1) is 18.5. The van der Waals surface area contributed by atoms with Gasteiger partial charge in [0.05, 0.1) is 6.04 Å². The molecule has 1 rings (SSSR count). The lowest BCUT2D eigenvalue weighted by Gasteiger charge is -2.27. The number of ether oxygens (including phenoxy) is 2. The Balaban J connectivity index is 2.68. The Morgan fingerprint density at radius 2 is 1.78 bits per heavy atom. The maximum Gasteiger partial charge on any atom is 0.407 e. The highest BCUT2D eigenvalue weighted by molar-refractivity contribution is 5.79. The summed E-state index contributed by atoms with van der Waals surface area (Å²) in [6, 6.07) is 8.16. The van der Waals surface area contributed by atoms with Crippen LogP contribution in [0, 0.1) is 5.92 Å². The first-order chi connectivity index (χ1) is 10.8. The number of esters is 1. The highest BCUT2D eigenvalue weighted by Crippen LogP contribution is 2.12. The van der Waals surface area contributed by atoms with Crippen molar-refractivity contribution in [2.75, 3.05) is 0 Å². The molecule has 0 aromatic heterocycles. The van der Waals surface area contributed by atoms with Crippen molar-refractivity contribution in [1.29, 1.82) is 0 Å².